The molecular formula is C18H23NO. The predicted molar refractivity (Wildman–Crippen MR) is 88.9 cm³/mol. The number of carbonyl (C=O) groups is 1. The molecular weight excluding hydrogens is 246 g/mol. The molecule has 0 aromatic heterocycles. The van der Waals surface area contributed by atoms with Crippen molar-refractivity contribution in [2.24, 2.45) is 4.99 Å². The van der Waals surface area contributed by atoms with E-state index >= 15 is 0 Å². The molecule has 0 aliphatic carbocycles. The number of rotatable bonds is 9. The van der Waals surface area contributed by atoms with E-state index in [0.717, 1.165) is 30.4 Å². The van der Waals surface area contributed by atoms with Crippen molar-refractivity contribution in [2.75, 3.05) is 0 Å². The quantitative estimate of drug-likeness (QED) is 0.338. The zero-order valence-electron chi connectivity index (χ0n) is 12.4. The third kappa shape index (κ3) is 4.47. The molecule has 0 fully saturated rings. The average molecular weight is 269 g/mol. The molecule has 0 aliphatic rings. The van der Waals surface area contributed by atoms with Gasteiger partial charge in [-0.1, -0.05) is 52.8 Å². The number of carbonyl (C=O) groups excluding carboxylic acids is 1. The lowest BCUT2D eigenvalue weighted by Crippen LogP contribution is -2.04. The van der Waals surface area contributed by atoms with Crippen LogP contribution in [0.25, 0.3) is 0 Å². The molecule has 0 bridgehead atoms. The molecule has 0 saturated heterocycles. The van der Waals surface area contributed by atoms with Gasteiger partial charge >= 0.3 is 0 Å². The maximum absolute atomic E-state index is 11.4. The fourth-order valence-electron chi connectivity index (χ4n) is 1.53. The van der Waals surface area contributed by atoms with E-state index in [2.05, 4.69) is 58.1 Å². The molecule has 2 heteroatoms. The Morgan fingerprint density at radius 1 is 0.850 bits per heavy atom. The van der Waals surface area contributed by atoms with Gasteiger partial charge in [-0.25, -0.2) is 4.99 Å². The monoisotopic (exact) mass is 269 g/mol. The number of hydrogen-bond donors (Lipinski definition) is 0. The van der Waals surface area contributed by atoms with Crippen molar-refractivity contribution in [3.63, 3.8) is 0 Å². The fourth-order valence-corrected chi connectivity index (χ4v) is 1.53. The Hall–Kier alpha value is -2.22. The third-order valence-corrected chi connectivity index (χ3v) is 3.12. The van der Waals surface area contributed by atoms with Gasteiger partial charge in [-0.3, -0.25) is 4.79 Å². The standard InChI is InChI=1S/C18H23NO/c1-9-10-11-12(2)13(3)14(4)15(5)16(6)17(7)18(20)19-8/h2-11H2,1H3. The Kier molecular flexibility index (Phi) is 7.16. The van der Waals surface area contributed by atoms with Gasteiger partial charge in [-0.15, -0.1) is 0 Å². The summed E-state index contributed by atoms with van der Waals surface area (Å²) in [5, 5.41) is 0. The highest BCUT2D eigenvalue weighted by Gasteiger charge is 2.15. The maximum atomic E-state index is 11.4. The lowest BCUT2D eigenvalue weighted by molar-refractivity contribution is -0.114. The summed E-state index contributed by atoms with van der Waals surface area (Å²) in [6, 6.07) is 0. The first-order valence-corrected chi connectivity index (χ1v) is 6.43. The first-order chi connectivity index (χ1) is 9.27. The maximum Gasteiger partial charge on any atom is 0.276 e. The van der Waals surface area contributed by atoms with Crippen LogP contribution in [0, 0.1) is 0 Å². The SMILES string of the molecule is C=NC(=O)C(=C)C(=C)C(=C)C(=C)C(=C)C(=C)CCCC. The molecule has 0 heterocycles. The van der Waals surface area contributed by atoms with Gasteiger partial charge in [0.05, 0.1) is 0 Å². The number of allylic oxidation sites excluding steroid dienone is 4. The zero-order chi connectivity index (χ0) is 15.9. The summed E-state index contributed by atoms with van der Waals surface area (Å²) in [7, 11) is 0. The Balaban J connectivity index is 4.91. The molecule has 0 radical (unpaired) electrons. The Morgan fingerprint density at radius 3 is 1.75 bits per heavy atom. The molecule has 106 valence electrons. The lowest BCUT2D eigenvalue weighted by atomic mass is 9.88. The van der Waals surface area contributed by atoms with Crippen molar-refractivity contribution >= 4 is 12.6 Å². The van der Waals surface area contributed by atoms with Crippen LogP contribution < -0.4 is 0 Å². The second kappa shape index (κ2) is 8.05. The van der Waals surface area contributed by atoms with E-state index in [4.69, 9.17) is 0 Å². The van der Waals surface area contributed by atoms with Gasteiger partial charge in [0.1, 0.15) is 0 Å². The smallest absolute Gasteiger partial charge is 0.267 e. The fraction of sp³-hybridized carbons (Fsp3) is 0.222. The summed E-state index contributed by atoms with van der Waals surface area (Å²) in [5.74, 6) is -0.514. The summed E-state index contributed by atoms with van der Waals surface area (Å²) < 4.78 is 0. The predicted octanol–water partition coefficient (Wildman–Crippen LogP) is 4.74. The van der Waals surface area contributed by atoms with Gasteiger partial charge in [-0.2, -0.15) is 0 Å². The van der Waals surface area contributed by atoms with E-state index in [1.165, 1.54) is 0 Å². The number of nitrogens with zero attached hydrogens (tertiary/aromatic N) is 1. The van der Waals surface area contributed by atoms with Crippen molar-refractivity contribution in [2.45, 2.75) is 26.2 Å². The van der Waals surface area contributed by atoms with Gasteiger partial charge in [0.2, 0.25) is 0 Å². The van der Waals surface area contributed by atoms with Gasteiger partial charge in [0.25, 0.3) is 5.91 Å². The Bertz CT molecular complexity index is 518. The molecule has 0 unspecified atom stereocenters. The first-order valence-electron chi connectivity index (χ1n) is 6.43. The minimum Gasteiger partial charge on any atom is -0.267 e. The minimum absolute atomic E-state index is 0.165. The molecule has 1 amide bonds. The topological polar surface area (TPSA) is 29.4 Å². The van der Waals surface area contributed by atoms with E-state index in [-0.39, 0.29) is 5.57 Å². The highest BCUT2D eigenvalue weighted by Crippen LogP contribution is 2.30. The van der Waals surface area contributed by atoms with Gasteiger partial charge in [0, 0.05) is 5.57 Å². The van der Waals surface area contributed by atoms with Gasteiger partial charge in [-0.05, 0) is 47.4 Å². The third-order valence-electron chi connectivity index (χ3n) is 3.12. The van der Waals surface area contributed by atoms with E-state index in [9.17, 15) is 4.79 Å². The van der Waals surface area contributed by atoms with Crippen LogP contribution in [0.1, 0.15) is 26.2 Å². The van der Waals surface area contributed by atoms with Crippen LogP contribution in [0.3, 0.4) is 0 Å². The second-order valence-electron chi connectivity index (χ2n) is 4.56. The van der Waals surface area contributed by atoms with E-state index in [1.807, 2.05) is 0 Å². The highest BCUT2D eigenvalue weighted by molar-refractivity contribution is 6.01. The molecule has 0 N–H and O–H groups in total. The number of unbranched alkanes of at least 4 members (excludes halogenated alkanes) is 1. The largest absolute Gasteiger partial charge is 0.276 e. The molecule has 20 heavy (non-hydrogen) atoms. The summed E-state index contributed by atoms with van der Waals surface area (Å²) in [6.07, 6.45) is 3.00. The Labute approximate surface area is 122 Å². The van der Waals surface area contributed by atoms with Crippen LogP contribution in [0.2, 0.25) is 0 Å². The van der Waals surface area contributed by atoms with Crippen molar-refractivity contribution < 1.29 is 4.79 Å². The number of hydrogen-bond acceptors (Lipinski definition) is 1. The number of aliphatic imine (C=N–C) groups is 1. The summed E-state index contributed by atoms with van der Waals surface area (Å²) in [4.78, 5) is 14.7. The van der Waals surface area contributed by atoms with Crippen molar-refractivity contribution in [1.82, 2.24) is 0 Å². The van der Waals surface area contributed by atoms with Crippen molar-refractivity contribution in [3.8, 4) is 0 Å². The van der Waals surface area contributed by atoms with Crippen LogP contribution in [0.5, 0.6) is 0 Å². The van der Waals surface area contributed by atoms with Crippen molar-refractivity contribution in [3.05, 3.63) is 72.9 Å². The van der Waals surface area contributed by atoms with E-state index in [1.54, 1.807) is 0 Å². The average Bonchev–Trinajstić information content (AvgIpc) is 2.47. The Morgan fingerprint density at radius 2 is 1.30 bits per heavy atom. The van der Waals surface area contributed by atoms with Crippen LogP contribution in [-0.2, 0) is 4.79 Å². The molecule has 0 aromatic carbocycles. The molecule has 0 saturated carbocycles. The molecule has 0 aromatic rings. The van der Waals surface area contributed by atoms with Gasteiger partial charge < -0.3 is 0 Å². The van der Waals surface area contributed by atoms with E-state index < -0.39 is 5.91 Å². The molecule has 2 nitrogen and oxygen atoms in total. The molecule has 0 aliphatic heterocycles. The van der Waals surface area contributed by atoms with Gasteiger partial charge in [0.15, 0.2) is 0 Å². The minimum atomic E-state index is -0.514. The normalized spacial score (nSPS) is 9.45. The van der Waals surface area contributed by atoms with Crippen LogP contribution >= 0.6 is 0 Å². The molecule has 0 rings (SSSR count). The number of amides is 1. The summed E-state index contributed by atoms with van der Waals surface area (Å²) >= 11 is 0. The van der Waals surface area contributed by atoms with E-state index in [0.29, 0.717) is 16.7 Å². The van der Waals surface area contributed by atoms with Crippen molar-refractivity contribution in [1.29, 1.82) is 0 Å². The molecule has 0 spiro atoms. The highest BCUT2D eigenvalue weighted by atomic mass is 16.1. The summed E-state index contributed by atoms with van der Waals surface area (Å²) in [5.41, 5.74) is 3.36. The van der Waals surface area contributed by atoms with Crippen LogP contribution in [0.4, 0.5) is 0 Å². The first kappa shape index (κ1) is 17.8. The lowest BCUT2D eigenvalue weighted by Gasteiger charge is -2.16. The zero-order valence-corrected chi connectivity index (χ0v) is 12.4. The second-order valence-corrected chi connectivity index (χ2v) is 4.56. The molecule has 0 atom stereocenters. The summed E-state index contributed by atoms with van der Waals surface area (Å²) in [6.45, 7) is 28.6. The van der Waals surface area contributed by atoms with Crippen LogP contribution in [-0.4, -0.2) is 12.6 Å². The van der Waals surface area contributed by atoms with Crippen LogP contribution in [0.15, 0.2) is 77.9 Å².